The van der Waals surface area contributed by atoms with Gasteiger partial charge in [-0.25, -0.2) is 4.98 Å². The Morgan fingerprint density at radius 1 is 1.32 bits per heavy atom. The van der Waals surface area contributed by atoms with E-state index in [1.54, 1.807) is 17.1 Å². The van der Waals surface area contributed by atoms with Crippen molar-refractivity contribution in [3.05, 3.63) is 44.9 Å². The first-order chi connectivity index (χ1) is 11.6. The summed E-state index contributed by atoms with van der Waals surface area (Å²) in [6, 6.07) is 5.38. The molecule has 0 amide bonds. The third kappa shape index (κ3) is 5.30. The number of nitrogens with zero attached hydrogens (tertiary/aromatic N) is 2. The zero-order valence-corrected chi connectivity index (χ0v) is 17.3. The molecule has 0 fully saturated rings. The summed E-state index contributed by atoms with van der Waals surface area (Å²) in [5.41, 5.74) is 0.776. The molecular weight excluding hydrogens is 377 g/mol. The van der Waals surface area contributed by atoms with Gasteiger partial charge in [-0.2, -0.15) is 0 Å². The standard InChI is InChI=1S/C18H25Cl2N3OS/c1-11(7-12-5-6-13(19)9-14(12)20)8-15(16(24)18(2,3)4)23-17(25)21-10-22-23/h5-6,9-11,15-16,24H,7-8H2,1-4H3,(H,21,22,25)/t11-,15+,16?/m0/s1. The van der Waals surface area contributed by atoms with Crippen molar-refractivity contribution in [2.75, 3.05) is 0 Å². The van der Waals surface area contributed by atoms with Crippen molar-refractivity contribution in [3.63, 3.8) is 0 Å². The van der Waals surface area contributed by atoms with Gasteiger partial charge >= 0.3 is 0 Å². The first-order valence-corrected chi connectivity index (χ1v) is 9.50. The Balaban J connectivity index is 2.21. The summed E-state index contributed by atoms with van der Waals surface area (Å²) < 4.78 is 2.23. The first-order valence-electron chi connectivity index (χ1n) is 8.33. The topological polar surface area (TPSA) is 53.8 Å². The number of nitrogens with one attached hydrogen (secondary N) is 1. The van der Waals surface area contributed by atoms with Crippen LogP contribution in [0.3, 0.4) is 0 Å². The largest absolute Gasteiger partial charge is 0.390 e. The van der Waals surface area contributed by atoms with E-state index in [4.69, 9.17) is 35.4 Å². The Bertz CT molecular complexity index is 766. The Morgan fingerprint density at radius 3 is 2.52 bits per heavy atom. The Kier molecular flexibility index (Phi) is 6.71. The highest BCUT2D eigenvalue weighted by Crippen LogP contribution is 2.34. The molecule has 0 saturated heterocycles. The number of hydrogen-bond donors (Lipinski definition) is 2. The minimum absolute atomic E-state index is 0.184. The molecule has 138 valence electrons. The lowest BCUT2D eigenvalue weighted by molar-refractivity contribution is 0.00389. The second kappa shape index (κ2) is 8.21. The van der Waals surface area contributed by atoms with Gasteiger partial charge in [0.1, 0.15) is 6.33 Å². The Hall–Kier alpha value is -0.880. The summed E-state index contributed by atoms with van der Waals surface area (Å²) in [5, 5.41) is 15.2. The monoisotopic (exact) mass is 401 g/mol. The van der Waals surface area contributed by atoms with Crippen LogP contribution < -0.4 is 0 Å². The molecule has 25 heavy (non-hydrogen) atoms. The van der Waals surface area contributed by atoms with E-state index in [0.717, 1.165) is 18.4 Å². The molecule has 7 heteroatoms. The second-order valence-corrected chi connectivity index (χ2v) is 8.91. The number of rotatable bonds is 6. The number of halogens is 2. The van der Waals surface area contributed by atoms with Crippen molar-refractivity contribution in [2.45, 2.75) is 52.7 Å². The van der Waals surface area contributed by atoms with Crippen LogP contribution in [0.5, 0.6) is 0 Å². The summed E-state index contributed by atoms with van der Waals surface area (Å²) in [4.78, 5) is 4.09. The van der Waals surface area contributed by atoms with Crippen LogP contribution in [0.1, 0.15) is 45.7 Å². The molecule has 2 rings (SSSR count). The maximum absolute atomic E-state index is 10.9. The molecule has 1 aromatic carbocycles. The van der Waals surface area contributed by atoms with E-state index in [-0.39, 0.29) is 17.4 Å². The molecule has 0 bridgehead atoms. The van der Waals surface area contributed by atoms with E-state index >= 15 is 0 Å². The minimum atomic E-state index is -0.567. The van der Waals surface area contributed by atoms with Crippen molar-refractivity contribution in [2.24, 2.45) is 11.3 Å². The predicted octanol–water partition coefficient (Wildman–Crippen LogP) is 5.46. The number of aromatic nitrogens is 3. The highest BCUT2D eigenvalue weighted by atomic mass is 35.5. The fourth-order valence-electron chi connectivity index (χ4n) is 3.01. The molecule has 2 N–H and O–H groups in total. The van der Waals surface area contributed by atoms with Crippen LogP contribution in [0.2, 0.25) is 10.0 Å². The summed E-state index contributed by atoms with van der Waals surface area (Å²) in [6.45, 7) is 8.20. The quantitative estimate of drug-likeness (QED) is 0.631. The number of aromatic amines is 1. The highest BCUT2D eigenvalue weighted by Gasteiger charge is 2.33. The summed E-state index contributed by atoms with van der Waals surface area (Å²) in [5.74, 6) is 0.283. The fraction of sp³-hybridized carbons (Fsp3) is 0.556. The van der Waals surface area contributed by atoms with Gasteiger partial charge in [-0.15, -0.1) is 0 Å². The van der Waals surface area contributed by atoms with Gasteiger partial charge in [0.05, 0.1) is 12.1 Å². The second-order valence-electron chi connectivity index (χ2n) is 7.70. The van der Waals surface area contributed by atoms with E-state index in [2.05, 4.69) is 17.0 Å². The van der Waals surface area contributed by atoms with Crippen LogP contribution in [0.4, 0.5) is 0 Å². The molecule has 2 aromatic rings. The fourth-order valence-corrected chi connectivity index (χ4v) is 3.74. The molecule has 0 radical (unpaired) electrons. The van der Waals surface area contributed by atoms with Gasteiger partial charge in [0.25, 0.3) is 0 Å². The van der Waals surface area contributed by atoms with E-state index in [0.29, 0.717) is 14.8 Å². The van der Waals surface area contributed by atoms with Crippen LogP contribution >= 0.6 is 35.4 Å². The molecule has 0 aliphatic heterocycles. The van der Waals surface area contributed by atoms with Gasteiger partial charge in [0.2, 0.25) is 4.77 Å². The third-order valence-electron chi connectivity index (χ3n) is 4.39. The van der Waals surface area contributed by atoms with E-state index in [1.165, 1.54) is 0 Å². The van der Waals surface area contributed by atoms with Crippen molar-refractivity contribution < 1.29 is 5.11 Å². The van der Waals surface area contributed by atoms with Gasteiger partial charge in [0.15, 0.2) is 0 Å². The zero-order valence-electron chi connectivity index (χ0n) is 15.0. The molecule has 4 nitrogen and oxygen atoms in total. The Labute approximate surface area is 164 Å². The minimum Gasteiger partial charge on any atom is -0.390 e. The van der Waals surface area contributed by atoms with Crippen LogP contribution in [0.25, 0.3) is 0 Å². The SMILES string of the molecule is C[C@@H](Cc1ccc(Cl)cc1Cl)C[C@H](C(O)C(C)(C)C)n1[nH]cnc1=S. The molecule has 0 aliphatic rings. The summed E-state index contributed by atoms with van der Waals surface area (Å²) in [6.07, 6.45) is 2.53. The lowest BCUT2D eigenvalue weighted by Gasteiger charge is -2.34. The van der Waals surface area contributed by atoms with E-state index in [1.807, 2.05) is 32.9 Å². The van der Waals surface area contributed by atoms with Crippen LogP contribution in [-0.2, 0) is 6.42 Å². The number of H-pyrrole nitrogens is 1. The normalized spacial score (nSPS) is 15.8. The number of hydrogen-bond acceptors (Lipinski definition) is 3. The molecule has 1 heterocycles. The number of benzene rings is 1. The van der Waals surface area contributed by atoms with Crippen LogP contribution in [0, 0.1) is 16.1 Å². The summed E-state index contributed by atoms with van der Waals surface area (Å²) in [7, 11) is 0. The predicted molar refractivity (Wildman–Crippen MR) is 106 cm³/mol. The maximum atomic E-state index is 10.9. The zero-order chi connectivity index (χ0) is 18.8. The lowest BCUT2D eigenvalue weighted by Crippen LogP contribution is -2.37. The van der Waals surface area contributed by atoms with Crippen LogP contribution in [-0.4, -0.2) is 26.0 Å². The van der Waals surface area contributed by atoms with E-state index < -0.39 is 6.10 Å². The first kappa shape index (κ1) is 20.4. The molecular formula is C18H25Cl2N3OS. The molecule has 0 spiro atoms. The van der Waals surface area contributed by atoms with Gasteiger partial charge in [0, 0.05) is 10.0 Å². The molecule has 0 saturated carbocycles. The van der Waals surface area contributed by atoms with Crippen molar-refractivity contribution in [1.29, 1.82) is 0 Å². The van der Waals surface area contributed by atoms with Crippen molar-refractivity contribution >= 4 is 35.4 Å². The molecule has 3 atom stereocenters. The van der Waals surface area contributed by atoms with Crippen molar-refractivity contribution in [3.8, 4) is 0 Å². The summed E-state index contributed by atoms with van der Waals surface area (Å²) >= 11 is 17.6. The Morgan fingerprint density at radius 2 is 2.00 bits per heavy atom. The van der Waals surface area contributed by atoms with Gasteiger partial charge in [-0.1, -0.05) is 57.0 Å². The van der Waals surface area contributed by atoms with Gasteiger partial charge in [-0.05, 0) is 54.1 Å². The molecule has 1 aromatic heterocycles. The number of aliphatic hydroxyl groups excluding tert-OH is 1. The molecule has 0 aliphatic carbocycles. The average molecular weight is 402 g/mol. The van der Waals surface area contributed by atoms with Gasteiger partial charge in [-0.3, -0.25) is 9.78 Å². The van der Waals surface area contributed by atoms with E-state index in [9.17, 15) is 5.11 Å². The smallest absolute Gasteiger partial charge is 0.216 e. The highest BCUT2D eigenvalue weighted by molar-refractivity contribution is 7.71. The maximum Gasteiger partial charge on any atom is 0.216 e. The number of aliphatic hydroxyl groups is 1. The third-order valence-corrected chi connectivity index (χ3v) is 5.28. The van der Waals surface area contributed by atoms with Crippen molar-refractivity contribution in [1.82, 2.24) is 14.8 Å². The van der Waals surface area contributed by atoms with Gasteiger partial charge < -0.3 is 5.11 Å². The lowest BCUT2D eigenvalue weighted by atomic mass is 9.81. The molecule has 1 unspecified atom stereocenters. The van der Waals surface area contributed by atoms with Crippen LogP contribution in [0.15, 0.2) is 24.5 Å². The average Bonchev–Trinajstić information content (AvgIpc) is 2.92.